The summed E-state index contributed by atoms with van der Waals surface area (Å²) in [5.41, 5.74) is 4.24. The van der Waals surface area contributed by atoms with Gasteiger partial charge in [-0.1, -0.05) is 48.5 Å². The first-order chi connectivity index (χ1) is 14.2. The zero-order valence-electron chi connectivity index (χ0n) is 16.2. The van der Waals surface area contributed by atoms with Crippen LogP contribution < -0.4 is 10.6 Å². The first-order valence-electron chi connectivity index (χ1n) is 10.0. The van der Waals surface area contributed by atoms with Crippen LogP contribution in [0.25, 0.3) is 0 Å². The van der Waals surface area contributed by atoms with Gasteiger partial charge in [-0.15, -0.1) is 0 Å². The summed E-state index contributed by atoms with van der Waals surface area (Å²) in [5, 5.41) is 5.91. The van der Waals surface area contributed by atoms with Crippen LogP contribution in [0.3, 0.4) is 0 Å². The quantitative estimate of drug-likeness (QED) is 0.625. The maximum atomic E-state index is 12.8. The predicted octanol–water partition coefficient (Wildman–Crippen LogP) is 4.62. The number of carbonyl (C=O) groups excluding carboxylic acids is 2. The van der Waals surface area contributed by atoms with Crippen molar-refractivity contribution in [2.24, 2.45) is 0 Å². The van der Waals surface area contributed by atoms with Gasteiger partial charge in [-0.2, -0.15) is 0 Å². The number of hydrogen-bond donors (Lipinski definition) is 2. The van der Waals surface area contributed by atoms with Gasteiger partial charge in [-0.05, 0) is 67.1 Å². The molecule has 0 aromatic heterocycles. The first-order valence-corrected chi connectivity index (χ1v) is 10.0. The number of aryl methyl sites for hydroxylation is 2. The molecule has 0 aliphatic heterocycles. The van der Waals surface area contributed by atoms with Crippen LogP contribution >= 0.6 is 0 Å². The normalized spacial score (nSPS) is 13.0. The van der Waals surface area contributed by atoms with Crippen LogP contribution in [0.5, 0.6) is 0 Å². The molecule has 146 valence electrons. The number of hydrogen-bond acceptors (Lipinski definition) is 2. The monoisotopic (exact) mass is 384 g/mol. The Labute approximate surface area is 171 Å². The van der Waals surface area contributed by atoms with E-state index in [1.165, 1.54) is 5.56 Å². The van der Waals surface area contributed by atoms with E-state index in [0.29, 0.717) is 22.9 Å². The minimum absolute atomic E-state index is 0.0587. The summed E-state index contributed by atoms with van der Waals surface area (Å²) in [6, 6.07) is 25.3. The Balaban J connectivity index is 1.41. The van der Waals surface area contributed by atoms with Crippen molar-refractivity contribution in [3.05, 3.63) is 101 Å². The summed E-state index contributed by atoms with van der Waals surface area (Å²) in [6.45, 7) is 0. The molecule has 2 N–H and O–H groups in total. The van der Waals surface area contributed by atoms with E-state index in [1.54, 1.807) is 24.3 Å². The molecule has 0 spiro atoms. The highest BCUT2D eigenvalue weighted by Crippen LogP contribution is 2.20. The van der Waals surface area contributed by atoms with Crippen LogP contribution in [0.15, 0.2) is 78.9 Å². The Morgan fingerprint density at radius 3 is 2.17 bits per heavy atom. The smallest absolute Gasteiger partial charge is 0.255 e. The largest absolute Gasteiger partial charge is 0.349 e. The van der Waals surface area contributed by atoms with E-state index in [0.717, 1.165) is 31.2 Å². The molecular weight excluding hydrogens is 360 g/mol. The zero-order valence-corrected chi connectivity index (χ0v) is 16.2. The Morgan fingerprint density at radius 2 is 1.45 bits per heavy atom. The molecule has 1 saturated carbocycles. The summed E-state index contributed by atoms with van der Waals surface area (Å²) >= 11 is 0. The highest BCUT2D eigenvalue weighted by molar-refractivity contribution is 6.05. The van der Waals surface area contributed by atoms with Gasteiger partial charge in [-0.25, -0.2) is 0 Å². The lowest BCUT2D eigenvalue weighted by atomic mass is 9.99. The van der Waals surface area contributed by atoms with E-state index in [2.05, 4.69) is 22.8 Å². The van der Waals surface area contributed by atoms with Crippen LogP contribution in [0, 0.1) is 0 Å². The first kappa shape index (κ1) is 18.9. The van der Waals surface area contributed by atoms with Crippen molar-refractivity contribution < 1.29 is 9.59 Å². The predicted molar refractivity (Wildman–Crippen MR) is 115 cm³/mol. The number of amides is 2. The fraction of sp³-hybridized carbons (Fsp3) is 0.200. The van der Waals surface area contributed by atoms with E-state index in [9.17, 15) is 9.59 Å². The second kappa shape index (κ2) is 8.74. The molecule has 4 nitrogen and oxygen atoms in total. The number of carbonyl (C=O) groups is 2. The standard InChI is InChI=1S/C25H24N2O2/c28-24(26-22-16-17-22)20-12-14-21(15-13-20)27-25(29)23-9-5-4-8-19(23)11-10-18-6-2-1-3-7-18/h1-9,12-15,22H,10-11,16-17H2,(H,26,28)(H,27,29). The van der Waals surface area contributed by atoms with Gasteiger partial charge >= 0.3 is 0 Å². The summed E-state index contributed by atoms with van der Waals surface area (Å²) < 4.78 is 0. The van der Waals surface area contributed by atoms with E-state index < -0.39 is 0 Å². The fourth-order valence-corrected chi connectivity index (χ4v) is 3.28. The molecule has 0 unspecified atom stereocenters. The lowest BCUT2D eigenvalue weighted by Gasteiger charge is -2.11. The second-order valence-electron chi connectivity index (χ2n) is 7.42. The summed E-state index contributed by atoms with van der Waals surface area (Å²) in [5.74, 6) is -0.194. The van der Waals surface area contributed by atoms with Crippen LogP contribution in [0.1, 0.15) is 44.7 Å². The molecule has 0 radical (unpaired) electrons. The topological polar surface area (TPSA) is 58.2 Å². The van der Waals surface area contributed by atoms with Gasteiger partial charge in [0.1, 0.15) is 0 Å². The molecule has 4 rings (SSSR count). The lowest BCUT2D eigenvalue weighted by Crippen LogP contribution is -2.25. The van der Waals surface area contributed by atoms with Crippen molar-refractivity contribution in [3.8, 4) is 0 Å². The van der Waals surface area contributed by atoms with Gasteiger partial charge in [-0.3, -0.25) is 9.59 Å². The lowest BCUT2D eigenvalue weighted by molar-refractivity contribution is 0.0950. The van der Waals surface area contributed by atoms with Crippen molar-refractivity contribution in [1.29, 1.82) is 0 Å². The molecule has 2 amide bonds. The highest BCUT2D eigenvalue weighted by atomic mass is 16.2. The third-order valence-electron chi connectivity index (χ3n) is 5.11. The van der Waals surface area contributed by atoms with E-state index >= 15 is 0 Å². The van der Waals surface area contributed by atoms with Crippen molar-refractivity contribution >= 4 is 17.5 Å². The fourth-order valence-electron chi connectivity index (χ4n) is 3.28. The molecule has 0 bridgehead atoms. The minimum atomic E-state index is -0.135. The molecule has 1 fully saturated rings. The zero-order chi connectivity index (χ0) is 20.1. The summed E-state index contributed by atoms with van der Waals surface area (Å²) in [6.07, 6.45) is 3.80. The average Bonchev–Trinajstić information content (AvgIpc) is 3.57. The SMILES string of the molecule is O=C(NC1CC1)c1ccc(NC(=O)c2ccccc2CCc2ccccc2)cc1. The molecule has 0 saturated heterocycles. The highest BCUT2D eigenvalue weighted by Gasteiger charge is 2.23. The van der Waals surface area contributed by atoms with Crippen molar-refractivity contribution in [2.75, 3.05) is 5.32 Å². The molecule has 0 atom stereocenters. The van der Waals surface area contributed by atoms with Gasteiger partial charge in [0, 0.05) is 22.9 Å². The summed E-state index contributed by atoms with van der Waals surface area (Å²) in [7, 11) is 0. The second-order valence-corrected chi connectivity index (χ2v) is 7.42. The summed E-state index contributed by atoms with van der Waals surface area (Å²) in [4.78, 5) is 24.9. The molecule has 1 aliphatic rings. The minimum Gasteiger partial charge on any atom is -0.349 e. The third-order valence-corrected chi connectivity index (χ3v) is 5.11. The molecule has 3 aromatic carbocycles. The maximum Gasteiger partial charge on any atom is 0.255 e. The molecule has 1 aliphatic carbocycles. The van der Waals surface area contributed by atoms with Gasteiger partial charge in [0.25, 0.3) is 11.8 Å². The van der Waals surface area contributed by atoms with E-state index in [-0.39, 0.29) is 11.8 Å². The van der Waals surface area contributed by atoms with Gasteiger partial charge < -0.3 is 10.6 Å². The van der Waals surface area contributed by atoms with Gasteiger partial charge in [0.15, 0.2) is 0 Å². The van der Waals surface area contributed by atoms with Gasteiger partial charge in [0.2, 0.25) is 0 Å². The van der Waals surface area contributed by atoms with Crippen LogP contribution in [-0.2, 0) is 12.8 Å². The van der Waals surface area contributed by atoms with Crippen LogP contribution in [-0.4, -0.2) is 17.9 Å². The Bertz CT molecular complexity index is 993. The van der Waals surface area contributed by atoms with Crippen molar-refractivity contribution in [1.82, 2.24) is 5.32 Å². The molecule has 4 heteroatoms. The number of anilines is 1. The average molecular weight is 384 g/mol. The maximum absolute atomic E-state index is 12.8. The Kier molecular flexibility index (Phi) is 5.71. The number of nitrogens with one attached hydrogen (secondary N) is 2. The number of rotatable bonds is 7. The van der Waals surface area contributed by atoms with Gasteiger partial charge in [0.05, 0.1) is 0 Å². The molecule has 0 heterocycles. The Morgan fingerprint density at radius 1 is 0.759 bits per heavy atom. The van der Waals surface area contributed by atoms with E-state index in [1.807, 2.05) is 42.5 Å². The van der Waals surface area contributed by atoms with E-state index in [4.69, 9.17) is 0 Å². The van der Waals surface area contributed by atoms with Crippen molar-refractivity contribution in [3.63, 3.8) is 0 Å². The third kappa shape index (κ3) is 5.11. The van der Waals surface area contributed by atoms with Crippen molar-refractivity contribution in [2.45, 2.75) is 31.7 Å². The van der Waals surface area contributed by atoms with Crippen LogP contribution in [0.4, 0.5) is 5.69 Å². The Hall–Kier alpha value is -3.40. The molecular formula is C25H24N2O2. The van der Waals surface area contributed by atoms with Crippen LogP contribution in [0.2, 0.25) is 0 Å². The molecule has 3 aromatic rings. The number of benzene rings is 3. The molecule has 29 heavy (non-hydrogen) atoms.